The quantitative estimate of drug-likeness (QED) is 0.690. The van der Waals surface area contributed by atoms with Gasteiger partial charge in [0.25, 0.3) is 5.91 Å². The Balaban J connectivity index is 1.37. The standard InChI is InChI=1S/C21H27FN4O4S/c1-15-21(16(2)26(23-15)17-7-12-31(28,29)14-17)25-10-8-24(9-11-25)20(27)13-30-19-6-4-3-5-18(19)22/h3-6,17H,7-14H2,1-2H3. The molecule has 0 spiro atoms. The molecule has 168 valence electrons. The molecule has 0 aliphatic carbocycles. The number of carbonyl (C=O) groups is 1. The van der Waals surface area contributed by atoms with Crippen LogP contribution >= 0.6 is 0 Å². The van der Waals surface area contributed by atoms with E-state index in [1.54, 1.807) is 17.0 Å². The smallest absolute Gasteiger partial charge is 0.260 e. The fourth-order valence-electron chi connectivity index (χ4n) is 4.41. The predicted molar refractivity (Wildman–Crippen MR) is 115 cm³/mol. The highest BCUT2D eigenvalue weighted by Crippen LogP contribution is 2.31. The maximum atomic E-state index is 13.7. The SMILES string of the molecule is Cc1nn(C2CCS(=O)(=O)C2)c(C)c1N1CCN(C(=O)COc2ccccc2F)CC1. The summed E-state index contributed by atoms with van der Waals surface area (Å²) in [5.41, 5.74) is 2.84. The second-order valence-corrected chi connectivity index (χ2v) is 10.3. The monoisotopic (exact) mass is 450 g/mol. The van der Waals surface area contributed by atoms with E-state index in [0.717, 1.165) is 17.1 Å². The van der Waals surface area contributed by atoms with Gasteiger partial charge in [-0.1, -0.05) is 12.1 Å². The van der Waals surface area contributed by atoms with Gasteiger partial charge >= 0.3 is 0 Å². The molecule has 2 aliphatic heterocycles. The summed E-state index contributed by atoms with van der Waals surface area (Å²) in [4.78, 5) is 16.4. The average molecular weight is 451 g/mol. The molecule has 0 saturated carbocycles. The molecule has 0 N–H and O–H groups in total. The van der Waals surface area contributed by atoms with E-state index >= 15 is 0 Å². The minimum Gasteiger partial charge on any atom is -0.481 e. The molecule has 2 saturated heterocycles. The number of carbonyl (C=O) groups excluding carboxylic acids is 1. The Kier molecular flexibility index (Phi) is 5.92. The van der Waals surface area contributed by atoms with Gasteiger partial charge in [0, 0.05) is 26.2 Å². The molecular weight excluding hydrogens is 423 g/mol. The zero-order valence-electron chi connectivity index (χ0n) is 17.8. The lowest BCUT2D eigenvalue weighted by atomic mass is 10.2. The number of para-hydroxylation sites is 1. The number of anilines is 1. The molecule has 1 aromatic heterocycles. The van der Waals surface area contributed by atoms with Crippen molar-refractivity contribution in [3.63, 3.8) is 0 Å². The zero-order chi connectivity index (χ0) is 22.2. The van der Waals surface area contributed by atoms with Crippen LogP contribution in [0.2, 0.25) is 0 Å². The summed E-state index contributed by atoms with van der Waals surface area (Å²) in [7, 11) is -2.99. The number of hydrogen-bond acceptors (Lipinski definition) is 6. The lowest BCUT2D eigenvalue weighted by Gasteiger charge is -2.36. The normalized spacial score (nSPS) is 20.8. The molecule has 2 aliphatic rings. The molecular formula is C21H27FN4O4S. The minimum atomic E-state index is -2.99. The van der Waals surface area contributed by atoms with Crippen LogP contribution in [0, 0.1) is 19.7 Å². The number of sulfone groups is 1. The highest BCUT2D eigenvalue weighted by Gasteiger charge is 2.33. The third-order valence-electron chi connectivity index (χ3n) is 5.98. The number of halogens is 1. The van der Waals surface area contributed by atoms with Crippen LogP contribution in [0.3, 0.4) is 0 Å². The van der Waals surface area contributed by atoms with Gasteiger partial charge in [-0.2, -0.15) is 5.10 Å². The Labute approximate surface area is 181 Å². The number of aromatic nitrogens is 2. The number of piperazine rings is 1. The highest BCUT2D eigenvalue weighted by atomic mass is 32.2. The molecule has 4 rings (SSSR count). The van der Waals surface area contributed by atoms with Crippen LogP contribution in [0.25, 0.3) is 0 Å². The summed E-state index contributed by atoms with van der Waals surface area (Å²) in [5, 5.41) is 4.63. The molecule has 2 aromatic rings. The predicted octanol–water partition coefficient (Wildman–Crippen LogP) is 1.73. The molecule has 8 nitrogen and oxygen atoms in total. The Bertz CT molecular complexity index is 1080. The lowest BCUT2D eigenvalue weighted by Crippen LogP contribution is -2.50. The molecule has 10 heteroatoms. The van der Waals surface area contributed by atoms with Gasteiger partial charge in [0.2, 0.25) is 0 Å². The van der Waals surface area contributed by atoms with Crippen molar-refractivity contribution in [1.29, 1.82) is 0 Å². The molecule has 1 aromatic carbocycles. The van der Waals surface area contributed by atoms with Crippen LogP contribution in [0.4, 0.5) is 10.1 Å². The number of nitrogens with zero attached hydrogens (tertiary/aromatic N) is 4. The van der Waals surface area contributed by atoms with Crippen LogP contribution in [-0.2, 0) is 14.6 Å². The van der Waals surface area contributed by atoms with Crippen molar-refractivity contribution in [2.45, 2.75) is 26.3 Å². The van der Waals surface area contributed by atoms with Gasteiger partial charge in [-0.25, -0.2) is 12.8 Å². The number of aryl methyl sites for hydroxylation is 1. The fourth-order valence-corrected chi connectivity index (χ4v) is 6.10. The van der Waals surface area contributed by atoms with Gasteiger partial charge in [-0.15, -0.1) is 0 Å². The van der Waals surface area contributed by atoms with Crippen LogP contribution in [-0.4, -0.2) is 73.3 Å². The number of amides is 1. The number of rotatable bonds is 5. The van der Waals surface area contributed by atoms with E-state index in [1.165, 1.54) is 12.1 Å². The second kappa shape index (κ2) is 8.49. The van der Waals surface area contributed by atoms with E-state index < -0.39 is 15.7 Å². The van der Waals surface area contributed by atoms with Crippen molar-refractivity contribution in [2.24, 2.45) is 0 Å². The first-order chi connectivity index (χ1) is 14.7. The summed E-state index contributed by atoms with van der Waals surface area (Å²) >= 11 is 0. The summed E-state index contributed by atoms with van der Waals surface area (Å²) in [5.74, 6) is -0.247. The van der Waals surface area contributed by atoms with Gasteiger partial charge in [0.05, 0.1) is 34.6 Å². The van der Waals surface area contributed by atoms with Crippen molar-refractivity contribution in [2.75, 3.05) is 49.2 Å². The summed E-state index contributed by atoms with van der Waals surface area (Å²) in [6.45, 7) is 6.04. The lowest BCUT2D eigenvalue weighted by molar-refractivity contribution is -0.133. The Morgan fingerprint density at radius 1 is 1.19 bits per heavy atom. The summed E-state index contributed by atoms with van der Waals surface area (Å²) in [6, 6.07) is 5.91. The molecule has 3 heterocycles. The van der Waals surface area contributed by atoms with Gasteiger partial charge in [-0.05, 0) is 32.4 Å². The Hall–Kier alpha value is -2.62. The molecule has 31 heavy (non-hydrogen) atoms. The van der Waals surface area contributed by atoms with E-state index in [-0.39, 0.29) is 35.8 Å². The number of benzene rings is 1. The number of hydrogen-bond donors (Lipinski definition) is 0. The van der Waals surface area contributed by atoms with Gasteiger partial charge < -0.3 is 14.5 Å². The van der Waals surface area contributed by atoms with Crippen molar-refractivity contribution >= 4 is 21.4 Å². The Morgan fingerprint density at radius 2 is 1.90 bits per heavy atom. The first-order valence-electron chi connectivity index (χ1n) is 10.4. The first-order valence-corrected chi connectivity index (χ1v) is 12.2. The van der Waals surface area contributed by atoms with Gasteiger partial charge in [-0.3, -0.25) is 9.48 Å². The zero-order valence-corrected chi connectivity index (χ0v) is 18.6. The largest absolute Gasteiger partial charge is 0.481 e. The van der Waals surface area contributed by atoms with Crippen LogP contribution < -0.4 is 9.64 Å². The van der Waals surface area contributed by atoms with Crippen molar-refractivity contribution in [1.82, 2.24) is 14.7 Å². The average Bonchev–Trinajstić information content (AvgIpc) is 3.25. The molecule has 0 radical (unpaired) electrons. The maximum absolute atomic E-state index is 13.7. The summed E-state index contributed by atoms with van der Waals surface area (Å²) in [6.07, 6.45) is 0.591. The third-order valence-corrected chi connectivity index (χ3v) is 7.73. The minimum absolute atomic E-state index is 0.0714. The van der Waals surface area contributed by atoms with Gasteiger partial charge in [0.1, 0.15) is 0 Å². The molecule has 1 unspecified atom stereocenters. The van der Waals surface area contributed by atoms with E-state index in [9.17, 15) is 17.6 Å². The van der Waals surface area contributed by atoms with Crippen molar-refractivity contribution in [3.8, 4) is 5.75 Å². The fraction of sp³-hybridized carbons (Fsp3) is 0.524. The van der Waals surface area contributed by atoms with Crippen LogP contribution in [0.5, 0.6) is 5.75 Å². The first kappa shape index (κ1) is 21.6. The number of ether oxygens (including phenoxy) is 1. The van der Waals surface area contributed by atoms with E-state index in [4.69, 9.17) is 4.74 Å². The second-order valence-electron chi connectivity index (χ2n) is 8.11. The Morgan fingerprint density at radius 3 is 2.55 bits per heavy atom. The summed E-state index contributed by atoms with van der Waals surface area (Å²) < 4.78 is 44.6. The van der Waals surface area contributed by atoms with E-state index in [2.05, 4.69) is 10.00 Å². The van der Waals surface area contributed by atoms with E-state index in [1.807, 2.05) is 18.5 Å². The molecule has 2 fully saturated rings. The maximum Gasteiger partial charge on any atom is 0.260 e. The molecule has 0 bridgehead atoms. The topological polar surface area (TPSA) is 84.7 Å². The van der Waals surface area contributed by atoms with E-state index in [0.29, 0.717) is 32.6 Å². The van der Waals surface area contributed by atoms with Crippen LogP contribution in [0.15, 0.2) is 24.3 Å². The van der Waals surface area contributed by atoms with Crippen molar-refractivity contribution < 1.29 is 22.3 Å². The van der Waals surface area contributed by atoms with Gasteiger partial charge in [0.15, 0.2) is 28.0 Å². The molecule has 1 atom stereocenters. The van der Waals surface area contributed by atoms with Crippen LogP contribution in [0.1, 0.15) is 23.9 Å². The third kappa shape index (κ3) is 4.53. The molecule has 1 amide bonds. The van der Waals surface area contributed by atoms with Crippen molar-refractivity contribution in [3.05, 3.63) is 41.5 Å². The highest BCUT2D eigenvalue weighted by molar-refractivity contribution is 7.91.